The molecule has 0 aliphatic carbocycles. The fourth-order valence-electron chi connectivity index (χ4n) is 2.79. The quantitative estimate of drug-likeness (QED) is 0.277. The summed E-state index contributed by atoms with van der Waals surface area (Å²) in [5.41, 5.74) is -1.85. The van der Waals surface area contributed by atoms with Crippen LogP contribution in [0.5, 0.6) is 11.6 Å². The minimum absolute atomic E-state index is 0.347. The van der Waals surface area contributed by atoms with Crippen LogP contribution in [0.2, 0.25) is 5.02 Å². The molecule has 3 rings (SSSR count). The highest BCUT2D eigenvalue weighted by Gasteiger charge is 2.34. The van der Waals surface area contributed by atoms with Gasteiger partial charge in [-0.3, -0.25) is 9.52 Å². The van der Waals surface area contributed by atoms with Crippen LogP contribution in [-0.2, 0) is 21.0 Å². The smallest absolute Gasteiger partial charge is 0.417 e. The van der Waals surface area contributed by atoms with E-state index in [1.807, 2.05) is 4.72 Å². The van der Waals surface area contributed by atoms with Crippen LogP contribution in [0, 0.1) is 18.6 Å². The maximum absolute atomic E-state index is 14.5. The number of anilines is 2. The number of benzene rings is 2. The zero-order valence-electron chi connectivity index (χ0n) is 18.1. The van der Waals surface area contributed by atoms with Crippen molar-refractivity contribution in [2.24, 2.45) is 0 Å². The molecule has 1 amide bonds. The molecule has 190 valence electrons. The highest BCUT2D eigenvalue weighted by molar-refractivity contribution is 7.92. The average Bonchev–Trinajstić information content (AvgIpc) is 2.77. The first-order valence-electron chi connectivity index (χ1n) is 9.68. The van der Waals surface area contributed by atoms with Crippen LogP contribution in [0.4, 0.5) is 33.3 Å². The zero-order chi connectivity index (χ0) is 26.8. The largest absolute Gasteiger partial charge is 0.434 e. The summed E-state index contributed by atoms with van der Waals surface area (Å²) in [6.07, 6.45) is -2.85. The van der Waals surface area contributed by atoms with Gasteiger partial charge in [-0.15, -0.1) is 0 Å². The summed E-state index contributed by atoms with van der Waals surface area (Å²) >= 11 is 5.54. The van der Waals surface area contributed by atoms with Gasteiger partial charge in [0.05, 0.1) is 21.2 Å². The third-order valence-corrected chi connectivity index (χ3v) is 6.15. The summed E-state index contributed by atoms with van der Waals surface area (Å²) in [6.45, 7) is 4.72. The number of sulfonamides is 1. The number of hydrogen-bond acceptors (Lipinski definition) is 5. The molecule has 3 aromatic rings. The number of carbonyl (C=O) groups is 1. The first-order chi connectivity index (χ1) is 16.7. The van der Waals surface area contributed by atoms with Crippen LogP contribution < -0.4 is 14.8 Å². The van der Waals surface area contributed by atoms with E-state index in [9.17, 15) is 35.2 Å². The maximum Gasteiger partial charge on any atom is 0.417 e. The van der Waals surface area contributed by atoms with Gasteiger partial charge in [-0.05, 0) is 42.8 Å². The van der Waals surface area contributed by atoms with Crippen molar-refractivity contribution in [3.8, 4) is 11.6 Å². The number of alkyl halides is 3. The Hall–Kier alpha value is -3.71. The molecular formula is C22H15ClF5N3O4S. The highest BCUT2D eigenvalue weighted by Crippen LogP contribution is 2.37. The number of aromatic nitrogens is 1. The van der Waals surface area contributed by atoms with E-state index >= 15 is 0 Å². The van der Waals surface area contributed by atoms with Gasteiger partial charge < -0.3 is 10.1 Å². The van der Waals surface area contributed by atoms with Crippen molar-refractivity contribution in [1.29, 1.82) is 0 Å². The van der Waals surface area contributed by atoms with E-state index in [4.69, 9.17) is 16.3 Å². The maximum atomic E-state index is 14.5. The molecule has 0 saturated carbocycles. The van der Waals surface area contributed by atoms with E-state index in [1.54, 1.807) is 0 Å². The monoisotopic (exact) mass is 547 g/mol. The summed E-state index contributed by atoms with van der Waals surface area (Å²) in [5, 5.41) is 1.35. The van der Waals surface area contributed by atoms with Crippen molar-refractivity contribution >= 4 is 38.9 Å². The normalized spacial score (nSPS) is 11.6. The van der Waals surface area contributed by atoms with E-state index in [1.165, 1.54) is 19.2 Å². The molecule has 7 nitrogen and oxygen atoms in total. The van der Waals surface area contributed by atoms with E-state index < -0.39 is 66.5 Å². The molecule has 0 saturated heterocycles. The first kappa shape index (κ1) is 26.9. The van der Waals surface area contributed by atoms with Gasteiger partial charge >= 0.3 is 6.18 Å². The average molecular weight is 548 g/mol. The minimum Gasteiger partial charge on any atom is -0.434 e. The summed E-state index contributed by atoms with van der Waals surface area (Å²) < 4.78 is 101. The molecule has 2 N–H and O–H groups in total. The third kappa shape index (κ3) is 6.10. The number of carbonyl (C=O) groups excluding carboxylic acids is 1. The Morgan fingerprint density at radius 2 is 1.81 bits per heavy atom. The fourth-order valence-corrected chi connectivity index (χ4v) is 4.09. The molecule has 0 atom stereocenters. The van der Waals surface area contributed by atoms with Gasteiger partial charge in [-0.25, -0.2) is 22.2 Å². The molecular weight excluding hydrogens is 533 g/mol. The molecule has 2 aromatic carbocycles. The number of ether oxygens (including phenoxy) is 1. The van der Waals surface area contributed by atoms with Gasteiger partial charge in [0.2, 0.25) is 11.8 Å². The zero-order valence-corrected chi connectivity index (χ0v) is 19.7. The van der Waals surface area contributed by atoms with Crippen LogP contribution in [0.15, 0.2) is 60.1 Å². The number of nitrogens with one attached hydrogen (secondary N) is 2. The summed E-state index contributed by atoms with van der Waals surface area (Å²) in [7, 11) is -4.64. The highest BCUT2D eigenvalue weighted by atomic mass is 35.5. The van der Waals surface area contributed by atoms with Crippen molar-refractivity contribution in [3.05, 3.63) is 83.0 Å². The van der Waals surface area contributed by atoms with Crippen LogP contribution in [0.25, 0.3) is 0 Å². The fraction of sp³-hybridized carbons (Fsp3) is 0.0909. The third-order valence-electron chi connectivity index (χ3n) is 4.46. The number of pyridine rings is 1. The summed E-state index contributed by atoms with van der Waals surface area (Å²) in [4.78, 5) is 14.4. The van der Waals surface area contributed by atoms with E-state index in [-0.39, 0.29) is 5.69 Å². The second-order valence-electron chi connectivity index (χ2n) is 7.17. The molecule has 0 bridgehead atoms. The lowest BCUT2D eigenvalue weighted by Gasteiger charge is -2.15. The first-order valence-corrected chi connectivity index (χ1v) is 11.5. The number of rotatable bonds is 7. The Kier molecular flexibility index (Phi) is 7.55. The second kappa shape index (κ2) is 10.1. The molecule has 1 aromatic heterocycles. The minimum atomic E-state index is -4.92. The van der Waals surface area contributed by atoms with Crippen LogP contribution >= 0.6 is 11.6 Å². The summed E-state index contributed by atoms with van der Waals surface area (Å²) in [6, 6.07) is 4.40. The molecule has 0 aliphatic heterocycles. The lowest BCUT2D eigenvalue weighted by atomic mass is 10.2. The number of aryl methyl sites for hydroxylation is 1. The van der Waals surface area contributed by atoms with E-state index in [0.717, 1.165) is 18.2 Å². The van der Waals surface area contributed by atoms with Crippen LogP contribution in [-0.4, -0.2) is 19.3 Å². The Morgan fingerprint density at radius 1 is 1.11 bits per heavy atom. The van der Waals surface area contributed by atoms with Gasteiger partial charge in [0.1, 0.15) is 5.69 Å². The number of amides is 1. The van der Waals surface area contributed by atoms with Crippen molar-refractivity contribution < 1.29 is 39.9 Å². The Bertz CT molecular complexity index is 1460. The number of hydrogen-bond donors (Lipinski definition) is 2. The SMILES string of the molecule is C=CC(=O)Nc1cc(F)c(Oc2ncc(C)cc2NS(=O)(=O)c2ccc(Cl)c(C(F)(F)F)c2)cc1F. The Balaban J connectivity index is 1.97. The van der Waals surface area contributed by atoms with Crippen molar-refractivity contribution in [2.75, 3.05) is 10.0 Å². The van der Waals surface area contributed by atoms with Crippen molar-refractivity contribution in [3.63, 3.8) is 0 Å². The number of nitrogens with zero attached hydrogens (tertiary/aromatic N) is 1. The second-order valence-corrected chi connectivity index (χ2v) is 9.26. The van der Waals surface area contributed by atoms with Gasteiger partial charge in [0, 0.05) is 18.3 Å². The van der Waals surface area contributed by atoms with Crippen LogP contribution in [0.1, 0.15) is 11.1 Å². The van der Waals surface area contributed by atoms with Gasteiger partial charge in [-0.2, -0.15) is 13.2 Å². The molecule has 0 radical (unpaired) electrons. The topological polar surface area (TPSA) is 97.4 Å². The van der Waals surface area contributed by atoms with Crippen LogP contribution in [0.3, 0.4) is 0 Å². The molecule has 0 fully saturated rings. The van der Waals surface area contributed by atoms with Crippen molar-refractivity contribution in [1.82, 2.24) is 4.98 Å². The molecule has 0 unspecified atom stereocenters. The molecule has 0 spiro atoms. The predicted octanol–water partition coefficient (Wildman–Crippen LogP) is 6.06. The molecule has 14 heteroatoms. The number of halogens is 6. The molecule has 1 heterocycles. The Morgan fingerprint density at radius 3 is 2.44 bits per heavy atom. The molecule has 36 heavy (non-hydrogen) atoms. The molecule has 0 aliphatic rings. The lowest BCUT2D eigenvalue weighted by molar-refractivity contribution is -0.137. The van der Waals surface area contributed by atoms with E-state index in [0.29, 0.717) is 23.8 Å². The van der Waals surface area contributed by atoms with Crippen molar-refractivity contribution in [2.45, 2.75) is 18.0 Å². The summed E-state index contributed by atoms with van der Waals surface area (Å²) in [5.74, 6) is -4.27. The predicted molar refractivity (Wildman–Crippen MR) is 121 cm³/mol. The van der Waals surface area contributed by atoms with Gasteiger partial charge in [0.15, 0.2) is 17.4 Å². The van der Waals surface area contributed by atoms with E-state index in [2.05, 4.69) is 16.9 Å². The Labute approximate surface area is 206 Å². The van der Waals surface area contributed by atoms with Gasteiger partial charge in [0.25, 0.3) is 10.0 Å². The standard InChI is InChI=1S/C22H15ClF5N3O4S/c1-3-20(32)30-17-8-16(25)19(9-15(17)24)35-21-18(6-11(2)10-29-21)31-36(33,34)12-4-5-14(23)13(7-12)22(26,27)28/h3-10,31H,1H2,2H3,(H,30,32). The lowest BCUT2D eigenvalue weighted by Crippen LogP contribution is -2.16. The van der Waals surface area contributed by atoms with Gasteiger partial charge in [-0.1, -0.05) is 18.2 Å².